The molecule has 0 N–H and O–H groups in total. The zero-order valence-electron chi connectivity index (χ0n) is 13.4. The van der Waals surface area contributed by atoms with E-state index in [2.05, 4.69) is 20.8 Å². The Morgan fingerprint density at radius 2 is 0.684 bits per heavy atom. The fraction of sp³-hybridized carbons (Fsp3) is 1.00. The molecule has 3 fully saturated rings. The van der Waals surface area contributed by atoms with Crippen LogP contribution in [-0.2, 0) is 0 Å². The summed E-state index contributed by atoms with van der Waals surface area (Å²) in [6.45, 7) is 8.24. The first-order chi connectivity index (χ1) is 8.99. The van der Waals surface area contributed by atoms with E-state index in [9.17, 15) is 0 Å². The molecule has 0 aromatic heterocycles. The van der Waals surface area contributed by atoms with E-state index in [0.29, 0.717) is 0 Å². The van der Waals surface area contributed by atoms with Crippen LogP contribution >= 0.6 is 0 Å². The Morgan fingerprint density at radius 3 is 0.895 bits per heavy atom. The van der Waals surface area contributed by atoms with Crippen molar-refractivity contribution in [3.63, 3.8) is 0 Å². The number of rotatable bonds is 3. The van der Waals surface area contributed by atoms with E-state index in [1.54, 1.807) is 77.0 Å². The predicted octanol–water partition coefficient (Wildman–Crippen LogP) is 6.48. The van der Waals surface area contributed by atoms with Gasteiger partial charge in [-0.15, -0.1) is 0 Å². The third-order valence-corrected chi connectivity index (χ3v) is 19.7. The van der Waals surface area contributed by atoms with Crippen LogP contribution in [0.2, 0.25) is 10.1 Å². The summed E-state index contributed by atoms with van der Waals surface area (Å²) in [5.74, 6) is 0. The van der Waals surface area contributed by atoms with Gasteiger partial charge in [-0.2, -0.15) is 0 Å². The van der Waals surface area contributed by atoms with E-state index < -0.39 is 20.2 Å². The SMILES string of the molecule is C[C]1([Sb]([C]2(C)CCCC2)[C]2(C)CCCC2)CCCC1. The van der Waals surface area contributed by atoms with E-state index >= 15 is 0 Å². The molecule has 0 atom stereocenters. The van der Waals surface area contributed by atoms with Gasteiger partial charge in [0.05, 0.1) is 0 Å². The molecule has 0 bridgehead atoms. The third kappa shape index (κ3) is 2.54. The summed E-state index contributed by atoms with van der Waals surface area (Å²) in [5, 5.41) is 0. The molecule has 3 aliphatic rings. The van der Waals surface area contributed by atoms with Crippen molar-refractivity contribution < 1.29 is 0 Å². The van der Waals surface area contributed by atoms with Crippen molar-refractivity contribution in [2.45, 2.75) is 108 Å². The molecule has 110 valence electrons. The Kier molecular flexibility index (Phi) is 4.05. The van der Waals surface area contributed by atoms with Crippen LogP contribution < -0.4 is 0 Å². The first-order valence-electron chi connectivity index (χ1n) is 8.79. The molecule has 0 nitrogen and oxygen atoms in total. The number of hydrogen-bond acceptors (Lipinski definition) is 0. The molecular weight excluding hydrogens is 338 g/mol. The van der Waals surface area contributed by atoms with Gasteiger partial charge in [0.1, 0.15) is 0 Å². The van der Waals surface area contributed by atoms with Crippen molar-refractivity contribution in [3.05, 3.63) is 0 Å². The van der Waals surface area contributed by atoms with Gasteiger partial charge in [-0.3, -0.25) is 0 Å². The van der Waals surface area contributed by atoms with Crippen LogP contribution in [-0.4, -0.2) is 20.2 Å². The van der Waals surface area contributed by atoms with E-state index in [-0.39, 0.29) is 0 Å². The van der Waals surface area contributed by atoms with E-state index in [0.717, 1.165) is 10.1 Å². The van der Waals surface area contributed by atoms with Gasteiger partial charge in [0, 0.05) is 0 Å². The van der Waals surface area contributed by atoms with Gasteiger partial charge >= 0.3 is 128 Å². The van der Waals surface area contributed by atoms with Crippen molar-refractivity contribution in [2.24, 2.45) is 0 Å². The Hall–Kier alpha value is 0.818. The second-order valence-corrected chi connectivity index (χ2v) is 19.6. The molecule has 3 rings (SSSR count). The summed E-state index contributed by atoms with van der Waals surface area (Å²) in [7, 11) is 0. The summed E-state index contributed by atoms with van der Waals surface area (Å²) >= 11 is -1.29. The standard InChI is InChI=1S/3C6H11.Sb/c3*1-6-4-2-3-5-6;/h3*2-5H2,1H3;. The minimum absolute atomic E-state index is 0.848. The van der Waals surface area contributed by atoms with Gasteiger partial charge in [0.15, 0.2) is 0 Å². The molecule has 0 aliphatic heterocycles. The van der Waals surface area contributed by atoms with Crippen molar-refractivity contribution in [1.82, 2.24) is 0 Å². The average Bonchev–Trinajstić information content (AvgIpc) is 3.03. The molecule has 3 aliphatic carbocycles. The maximum absolute atomic E-state index is 2.75. The van der Waals surface area contributed by atoms with Gasteiger partial charge < -0.3 is 0 Å². The summed E-state index contributed by atoms with van der Waals surface area (Å²) in [5.41, 5.74) is 0. The minimum atomic E-state index is -1.29. The first-order valence-corrected chi connectivity index (χ1v) is 12.6. The first kappa shape index (κ1) is 14.7. The quantitative estimate of drug-likeness (QED) is 0.498. The van der Waals surface area contributed by atoms with Gasteiger partial charge in [-0.25, -0.2) is 0 Å². The monoisotopic (exact) mass is 370 g/mol. The maximum atomic E-state index is 2.75. The Labute approximate surface area is 128 Å². The van der Waals surface area contributed by atoms with Crippen LogP contribution in [0.15, 0.2) is 0 Å². The predicted molar refractivity (Wildman–Crippen MR) is 86.3 cm³/mol. The van der Waals surface area contributed by atoms with Crippen molar-refractivity contribution in [3.8, 4) is 0 Å². The van der Waals surface area contributed by atoms with Crippen LogP contribution in [0.1, 0.15) is 97.8 Å². The van der Waals surface area contributed by atoms with E-state index in [1.165, 1.54) is 0 Å². The van der Waals surface area contributed by atoms with Crippen LogP contribution in [0.5, 0.6) is 0 Å². The van der Waals surface area contributed by atoms with Crippen LogP contribution in [0.4, 0.5) is 0 Å². The van der Waals surface area contributed by atoms with Gasteiger partial charge in [-0.1, -0.05) is 0 Å². The third-order valence-electron chi connectivity index (χ3n) is 6.66. The van der Waals surface area contributed by atoms with Crippen LogP contribution in [0, 0.1) is 0 Å². The Bertz CT molecular complexity index is 262. The molecule has 3 saturated carbocycles. The Balaban J connectivity index is 1.95. The van der Waals surface area contributed by atoms with Gasteiger partial charge in [0.25, 0.3) is 0 Å². The molecule has 0 saturated heterocycles. The summed E-state index contributed by atoms with van der Waals surface area (Å²) < 4.78 is 2.54. The van der Waals surface area contributed by atoms with Crippen molar-refractivity contribution in [2.75, 3.05) is 0 Å². The topological polar surface area (TPSA) is 0 Å². The molecule has 0 heterocycles. The van der Waals surface area contributed by atoms with Crippen molar-refractivity contribution in [1.29, 1.82) is 0 Å². The average molecular weight is 371 g/mol. The summed E-state index contributed by atoms with van der Waals surface area (Å²) in [6, 6.07) is 0. The molecule has 0 aromatic rings. The molecule has 0 amide bonds. The van der Waals surface area contributed by atoms with Crippen LogP contribution in [0.25, 0.3) is 0 Å². The molecule has 0 aromatic carbocycles. The fourth-order valence-corrected chi connectivity index (χ4v) is 23.7. The Morgan fingerprint density at radius 1 is 0.474 bits per heavy atom. The summed E-state index contributed by atoms with van der Waals surface area (Å²) in [4.78, 5) is 0. The van der Waals surface area contributed by atoms with E-state index in [4.69, 9.17) is 0 Å². The van der Waals surface area contributed by atoms with Gasteiger partial charge in [-0.05, 0) is 0 Å². The molecule has 0 spiro atoms. The van der Waals surface area contributed by atoms with E-state index in [1.807, 2.05) is 0 Å². The normalized spacial score (nSPS) is 32.2. The molecular formula is C18H33Sb. The molecule has 0 unspecified atom stereocenters. The zero-order chi connectivity index (χ0) is 13.6. The molecule has 0 radical (unpaired) electrons. The fourth-order valence-electron chi connectivity index (χ4n) is 6.04. The van der Waals surface area contributed by atoms with Crippen molar-refractivity contribution >= 4 is 20.2 Å². The van der Waals surface area contributed by atoms with Gasteiger partial charge in [0.2, 0.25) is 0 Å². The van der Waals surface area contributed by atoms with Crippen LogP contribution in [0.3, 0.4) is 0 Å². The number of hydrogen-bond donors (Lipinski definition) is 0. The second kappa shape index (κ2) is 5.22. The molecule has 19 heavy (non-hydrogen) atoms. The molecule has 1 heteroatoms. The second-order valence-electron chi connectivity index (χ2n) is 8.45. The zero-order valence-corrected chi connectivity index (χ0v) is 16.0. The summed E-state index contributed by atoms with van der Waals surface area (Å²) in [6.07, 6.45) is 18.9.